The van der Waals surface area contributed by atoms with Crippen LogP contribution in [-0.4, -0.2) is 28.8 Å². The molecule has 1 heterocycles. The van der Waals surface area contributed by atoms with Gasteiger partial charge in [-0.15, -0.1) is 0 Å². The fourth-order valence-corrected chi connectivity index (χ4v) is 1.91. The summed E-state index contributed by atoms with van der Waals surface area (Å²) in [4.78, 5) is 11.7. The Balaban J connectivity index is 1.85. The molecule has 2 rings (SSSR count). The van der Waals surface area contributed by atoms with E-state index in [0.717, 1.165) is 11.8 Å². The molecule has 2 N–H and O–H groups in total. The Kier molecular flexibility index (Phi) is 4.52. The van der Waals surface area contributed by atoms with Crippen molar-refractivity contribution in [2.24, 2.45) is 0 Å². The second-order valence-electron chi connectivity index (χ2n) is 4.64. The highest BCUT2D eigenvalue weighted by Gasteiger charge is 2.11. The predicted molar refractivity (Wildman–Crippen MR) is 71.6 cm³/mol. The summed E-state index contributed by atoms with van der Waals surface area (Å²) in [5.74, 6) is -0.0790. The lowest BCUT2D eigenvalue weighted by Gasteiger charge is -2.05. The van der Waals surface area contributed by atoms with Crippen LogP contribution in [0.15, 0.2) is 28.8 Å². The van der Waals surface area contributed by atoms with Gasteiger partial charge < -0.3 is 14.9 Å². The summed E-state index contributed by atoms with van der Waals surface area (Å²) in [6.07, 6.45) is 1.35. The van der Waals surface area contributed by atoms with Crippen molar-refractivity contribution in [2.45, 2.75) is 32.3 Å². The summed E-state index contributed by atoms with van der Waals surface area (Å²) < 4.78 is 5.14. The van der Waals surface area contributed by atoms with Crippen LogP contribution in [0.4, 0.5) is 0 Å². The summed E-state index contributed by atoms with van der Waals surface area (Å²) in [6.45, 7) is 2.31. The number of carbonyl (C=O) groups is 1. The van der Waals surface area contributed by atoms with E-state index in [1.165, 1.54) is 0 Å². The van der Waals surface area contributed by atoms with E-state index >= 15 is 0 Å². The molecule has 1 aromatic heterocycles. The van der Waals surface area contributed by atoms with Crippen molar-refractivity contribution in [3.8, 4) is 0 Å². The molecule has 0 radical (unpaired) electrons. The maximum Gasteiger partial charge on any atom is 0.226 e. The number of amides is 1. The third-order valence-corrected chi connectivity index (χ3v) is 2.90. The lowest BCUT2D eigenvalue weighted by Crippen LogP contribution is -2.26. The van der Waals surface area contributed by atoms with Gasteiger partial charge in [0.15, 0.2) is 5.58 Å². The van der Waals surface area contributed by atoms with Gasteiger partial charge in [0, 0.05) is 11.9 Å². The standard InChI is InChI=1S/C14H18N2O3/c1-10(17)5-4-8-15-14(18)9-12-11-6-2-3-7-13(11)19-16-12/h2-3,6-7,10,17H,4-5,8-9H2,1H3,(H,15,18). The zero-order valence-electron chi connectivity index (χ0n) is 10.9. The van der Waals surface area contributed by atoms with E-state index in [0.29, 0.717) is 24.2 Å². The average molecular weight is 262 g/mol. The van der Waals surface area contributed by atoms with E-state index in [-0.39, 0.29) is 18.4 Å². The minimum Gasteiger partial charge on any atom is -0.393 e. The first kappa shape index (κ1) is 13.5. The maximum atomic E-state index is 11.7. The van der Waals surface area contributed by atoms with Crippen LogP contribution in [-0.2, 0) is 11.2 Å². The number of benzene rings is 1. The first-order valence-electron chi connectivity index (χ1n) is 6.45. The predicted octanol–water partition coefficient (Wildman–Crippen LogP) is 1.65. The number of nitrogens with zero attached hydrogens (tertiary/aromatic N) is 1. The van der Waals surface area contributed by atoms with Gasteiger partial charge in [0.2, 0.25) is 5.91 Å². The number of para-hydroxylation sites is 1. The quantitative estimate of drug-likeness (QED) is 0.776. The van der Waals surface area contributed by atoms with Crippen LogP contribution in [0.25, 0.3) is 11.0 Å². The Bertz CT molecular complexity index is 548. The lowest BCUT2D eigenvalue weighted by atomic mass is 10.1. The second kappa shape index (κ2) is 6.33. The minimum absolute atomic E-state index is 0.0790. The van der Waals surface area contributed by atoms with Crippen LogP contribution in [0.2, 0.25) is 0 Å². The van der Waals surface area contributed by atoms with Crippen molar-refractivity contribution in [1.82, 2.24) is 10.5 Å². The Morgan fingerprint density at radius 1 is 1.47 bits per heavy atom. The topological polar surface area (TPSA) is 75.4 Å². The van der Waals surface area contributed by atoms with E-state index in [4.69, 9.17) is 9.63 Å². The minimum atomic E-state index is -0.323. The maximum absolute atomic E-state index is 11.7. The van der Waals surface area contributed by atoms with Gasteiger partial charge in [-0.25, -0.2) is 0 Å². The van der Waals surface area contributed by atoms with Gasteiger partial charge >= 0.3 is 0 Å². The van der Waals surface area contributed by atoms with Gasteiger partial charge in [0.1, 0.15) is 5.69 Å². The Labute approximate surface area is 111 Å². The van der Waals surface area contributed by atoms with Crippen molar-refractivity contribution < 1.29 is 14.4 Å². The molecule has 5 heteroatoms. The first-order chi connectivity index (χ1) is 9.16. The highest BCUT2D eigenvalue weighted by atomic mass is 16.5. The Morgan fingerprint density at radius 2 is 2.26 bits per heavy atom. The number of fused-ring (bicyclic) bond motifs is 1. The number of aliphatic hydroxyl groups excluding tert-OH is 1. The van der Waals surface area contributed by atoms with Gasteiger partial charge in [-0.3, -0.25) is 4.79 Å². The molecule has 0 saturated heterocycles. The molecule has 0 spiro atoms. The fraction of sp³-hybridized carbons (Fsp3) is 0.429. The normalized spacial score (nSPS) is 12.5. The molecule has 0 bridgehead atoms. The molecule has 1 amide bonds. The van der Waals surface area contributed by atoms with E-state index in [2.05, 4.69) is 10.5 Å². The molecule has 0 saturated carbocycles. The number of hydrogen-bond donors (Lipinski definition) is 2. The van der Waals surface area contributed by atoms with Gasteiger partial charge in [0.25, 0.3) is 0 Å². The van der Waals surface area contributed by atoms with Crippen molar-refractivity contribution in [1.29, 1.82) is 0 Å². The first-order valence-corrected chi connectivity index (χ1v) is 6.45. The number of hydrogen-bond acceptors (Lipinski definition) is 4. The summed E-state index contributed by atoms with van der Waals surface area (Å²) in [5, 5.41) is 16.7. The monoisotopic (exact) mass is 262 g/mol. The van der Waals surface area contributed by atoms with Crippen molar-refractivity contribution >= 4 is 16.9 Å². The van der Waals surface area contributed by atoms with Gasteiger partial charge in [-0.2, -0.15) is 0 Å². The summed E-state index contributed by atoms with van der Waals surface area (Å²) >= 11 is 0. The van der Waals surface area contributed by atoms with Crippen molar-refractivity contribution in [2.75, 3.05) is 6.54 Å². The van der Waals surface area contributed by atoms with Crippen LogP contribution >= 0.6 is 0 Å². The SMILES string of the molecule is CC(O)CCCNC(=O)Cc1noc2ccccc12. The van der Waals surface area contributed by atoms with Gasteiger partial charge in [-0.1, -0.05) is 17.3 Å². The van der Waals surface area contributed by atoms with Crippen LogP contribution < -0.4 is 5.32 Å². The average Bonchev–Trinajstić information content (AvgIpc) is 2.78. The van der Waals surface area contributed by atoms with Crippen molar-refractivity contribution in [3.05, 3.63) is 30.0 Å². The third kappa shape index (κ3) is 3.79. The molecule has 0 aliphatic carbocycles. The zero-order chi connectivity index (χ0) is 13.7. The zero-order valence-corrected chi connectivity index (χ0v) is 10.9. The fourth-order valence-electron chi connectivity index (χ4n) is 1.91. The number of rotatable bonds is 6. The number of carbonyl (C=O) groups excluding carboxylic acids is 1. The van der Waals surface area contributed by atoms with E-state index < -0.39 is 0 Å². The van der Waals surface area contributed by atoms with Crippen LogP contribution in [0.5, 0.6) is 0 Å². The van der Waals surface area contributed by atoms with Crippen molar-refractivity contribution in [3.63, 3.8) is 0 Å². The number of aliphatic hydroxyl groups is 1. The molecule has 0 aliphatic heterocycles. The van der Waals surface area contributed by atoms with E-state index in [9.17, 15) is 4.79 Å². The summed E-state index contributed by atoms with van der Waals surface area (Å²) in [6, 6.07) is 7.48. The third-order valence-electron chi connectivity index (χ3n) is 2.90. The molecule has 0 aliphatic rings. The summed E-state index contributed by atoms with van der Waals surface area (Å²) in [5.41, 5.74) is 1.35. The molecular weight excluding hydrogens is 244 g/mol. The molecule has 19 heavy (non-hydrogen) atoms. The highest BCUT2D eigenvalue weighted by Crippen LogP contribution is 2.17. The van der Waals surface area contributed by atoms with E-state index in [1.807, 2.05) is 24.3 Å². The molecule has 1 aromatic carbocycles. The van der Waals surface area contributed by atoms with E-state index in [1.54, 1.807) is 6.92 Å². The molecule has 2 aromatic rings. The molecule has 0 fully saturated rings. The number of nitrogens with one attached hydrogen (secondary N) is 1. The lowest BCUT2D eigenvalue weighted by molar-refractivity contribution is -0.120. The van der Waals surface area contributed by atoms with Crippen LogP contribution in [0.3, 0.4) is 0 Å². The van der Waals surface area contributed by atoms with Crippen LogP contribution in [0, 0.1) is 0 Å². The summed E-state index contributed by atoms with van der Waals surface area (Å²) in [7, 11) is 0. The second-order valence-corrected chi connectivity index (χ2v) is 4.64. The molecule has 1 unspecified atom stereocenters. The molecule has 5 nitrogen and oxygen atoms in total. The molecular formula is C14H18N2O3. The largest absolute Gasteiger partial charge is 0.393 e. The highest BCUT2D eigenvalue weighted by molar-refractivity contribution is 5.86. The Hall–Kier alpha value is -1.88. The molecule has 102 valence electrons. The molecule has 1 atom stereocenters. The van der Waals surface area contributed by atoms with Gasteiger partial charge in [0.05, 0.1) is 12.5 Å². The van der Waals surface area contributed by atoms with Crippen LogP contribution in [0.1, 0.15) is 25.5 Å². The smallest absolute Gasteiger partial charge is 0.226 e. The number of aromatic nitrogens is 1. The van der Waals surface area contributed by atoms with Gasteiger partial charge in [-0.05, 0) is 31.9 Å². The Morgan fingerprint density at radius 3 is 3.05 bits per heavy atom.